The largest absolute Gasteiger partial charge is 0.480 e. The highest BCUT2D eigenvalue weighted by atomic mass is 16.6. The van der Waals surface area contributed by atoms with Crippen molar-refractivity contribution in [2.75, 3.05) is 25.1 Å². The second-order valence-corrected chi connectivity index (χ2v) is 14.8. The Hall–Kier alpha value is -5.87. The molecule has 358 valence electrons. The number of hydrogen-bond acceptors (Lipinski definition) is 22. The SMILES string of the molecule is C[C@@H](O)[C@H](NC(=O)Nc1ncnc2c1ncn2[C@@H]1O[C@H](CO)[C@@H](O)[C@H]1O)C(=O)O.Cc1cn([C@@H]2O[C@H](CO)[C@@H](O)[C@H]2O)c(=O)[nH]c1=O.Cn1c(=N)ccn([C@@H]2O[C@H](CO)[C@@H](O)[C@H]2O)c1=O. The van der Waals surface area contributed by atoms with E-state index in [2.05, 4.69) is 30.6 Å². The average molecular weight is 928 g/mol. The van der Waals surface area contributed by atoms with Gasteiger partial charge in [-0.2, -0.15) is 0 Å². The van der Waals surface area contributed by atoms with Crippen LogP contribution in [0.1, 0.15) is 31.2 Å². The van der Waals surface area contributed by atoms with Crippen LogP contribution in [0.15, 0.2) is 45.5 Å². The minimum Gasteiger partial charge on any atom is -0.480 e. The molecular formula is C35H49N11O19. The molecule has 0 saturated carbocycles. The standard InChI is InChI=1S/C15H20N6O8.C10H15N3O5.C10H14N2O6/c1-5(23)7(14(26)27)19-15(28)20-11-8-12(17-3-16-11)21(4-18-8)13-10(25)9(24)6(2-22)29-13;1-12-6(11)2-3-13(10(12)17)9-8(16)7(15)5(4-14)18-9;1-4-2-12(10(17)11-8(4)16)9-7(15)6(14)5(3-13)18-9/h3-7,9-10,13,22-25H,2H2,1H3,(H,26,27)(H2,16,17,19,20,28);2-3,5,7-9,11,14-16H,4H2,1H3;2,5-7,9,13-15H,3H2,1H3,(H,11,16,17)/t5-,6-,7+,9-,10-,13-;5-,7-,8-,9-;5-,6-,7-,9-/m111/s1. The Morgan fingerprint density at radius 3 is 1.80 bits per heavy atom. The van der Waals surface area contributed by atoms with E-state index in [0.717, 1.165) is 20.0 Å². The Bertz CT molecular complexity index is 2510. The maximum atomic E-state index is 12.1. The summed E-state index contributed by atoms with van der Waals surface area (Å²) in [5.41, 5.74) is -1.28. The lowest BCUT2D eigenvalue weighted by molar-refractivity contribution is -0.141. The first-order chi connectivity index (χ1) is 30.7. The van der Waals surface area contributed by atoms with Crippen LogP contribution in [0.2, 0.25) is 0 Å². The summed E-state index contributed by atoms with van der Waals surface area (Å²) in [6, 6.07) is -1.11. The number of nitrogens with zero attached hydrogens (tertiary/aromatic N) is 7. The van der Waals surface area contributed by atoms with E-state index in [9.17, 15) is 64.8 Å². The number of amides is 2. The number of aromatic amines is 1. The third-order valence-corrected chi connectivity index (χ3v) is 10.4. The van der Waals surface area contributed by atoms with Gasteiger partial charge in [-0.3, -0.25) is 38.8 Å². The molecule has 4 aromatic rings. The fraction of sp³-hybridized carbons (Fsp3) is 0.571. The smallest absolute Gasteiger partial charge is 0.331 e. The molecule has 3 saturated heterocycles. The average Bonchev–Trinajstić information content (AvgIpc) is 3.99. The van der Waals surface area contributed by atoms with Gasteiger partial charge in [0.2, 0.25) is 0 Å². The van der Waals surface area contributed by atoms with Crippen molar-refractivity contribution < 1.29 is 80.0 Å². The zero-order valence-electron chi connectivity index (χ0n) is 34.4. The maximum absolute atomic E-state index is 12.1. The highest BCUT2D eigenvalue weighted by Crippen LogP contribution is 2.32. The van der Waals surface area contributed by atoms with Crippen LogP contribution in [0.5, 0.6) is 0 Å². The molecule has 0 bridgehead atoms. The molecule has 0 aliphatic carbocycles. The Labute approximate surface area is 363 Å². The number of carbonyl (C=O) groups is 2. The van der Waals surface area contributed by atoms with E-state index >= 15 is 0 Å². The fourth-order valence-electron chi connectivity index (χ4n) is 6.70. The first-order valence-corrected chi connectivity index (χ1v) is 19.3. The highest BCUT2D eigenvalue weighted by Gasteiger charge is 2.46. The lowest BCUT2D eigenvalue weighted by atomic mass is 10.1. The molecular weight excluding hydrogens is 878 g/mol. The fourth-order valence-corrected chi connectivity index (χ4v) is 6.70. The molecule has 14 atom stereocenters. The monoisotopic (exact) mass is 927 g/mol. The number of nitrogens with one attached hydrogen (secondary N) is 4. The van der Waals surface area contributed by atoms with Gasteiger partial charge in [0.05, 0.1) is 32.3 Å². The molecule has 0 spiro atoms. The molecule has 3 fully saturated rings. The van der Waals surface area contributed by atoms with E-state index in [0.29, 0.717) is 0 Å². The van der Waals surface area contributed by atoms with Gasteiger partial charge in [0.25, 0.3) is 5.56 Å². The number of carbonyl (C=O) groups excluding carboxylic acids is 1. The van der Waals surface area contributed by atoms with Crippen LogP contribution in [0.3, 0.4) is 0 Å². The first-order valence-electron chi connectivity index (χ1n) is 19.3. The van der Waals surface area contributed by atoms with Gasteiger partial charge in [0, 0.05) is 25.0 Å². The Balaban J connectivity index is 0.000000192. The van der Waals surface area contributed by atoms with Gasteiger partial charge in [-0.25, -0.2) is 34.1 Å². The number of rotatable bonds is 10. The number of aromatic nitrogens is 8. The normalized spacial score (nSPS) is 29.3. The summed E-state index contributed by atoms with van der Waals surface area (Å²) >= 11 is 0. The molecule has 3 aliphatic heterocycles. The number of aliphatic hydroxyl groups is 10. The van der Waals surface area contributed by atoms with E-state index in [1.807, 2.05) is 0 Å². The molecule has 0 unspecified atom stereocenters. The second kappa shape index (κ2) is 21.0. The lowest BCUT2D eigenvalue weighted by Crippen LogP contribution is -2.49. The van der Waals surface area contributed by atoms with Crippen molar-refractivity contribution in [3.8, 4) is 0 Å². The molecule has 0 aromatic carbocycles. The molecule has 65 heavy (non-hydrogen) atoms. The third-order valence-electron chi connectivity index (χ3n) is 10.4. The number of aliphatic carboxylic acids is 1. The molecule has 30 nitrogen and oxygen atoms in total. The Morgan fingerprint density at radius 2 is 1.32 bits per heavy atom. The van der Waals surface area contributed by atoms with Crippen molar-refractivity contribution in [2.24, 2.45) is 7.05 Å². The van der Waals surface area contributed by atoms with Crippen LogP contribution in [0.25, 0.3) is 11.2 Å². The number of aryl methyl sites for hydroxylation is 1. The molecule has 0 radical (unpaired) electrons. The number of fused-ring (bicyclic) bond motifs is 1. The van der Waals surface area contributed by atoms with Crippen molar-refractivity contribution in [1.29, 1.82) is 5.41 Å². The van der Waals surface area contributed by atoms with Gasteiger partial charge in [-0.15, -0.1) is 0 Å². The number of H-pyrrole nitrogens is 1. The van der Waals surface area contributed by atoms with Gasteiger partial charge < -0.3 is 75.7 Å². The van der Waals surface area contributed by atoms with Gasteiger partial charge >= 0.3 is 23.4 Å². The minimum absolute atomic E-state index is 0.0167. The van der Waals surface area contributed by atoms with Crippen LogP contribution >= 0.6 is 0 Å². The van der Waals surface area contributed by atoms with E-state index in [1.165, 1.54) is 50.2 Å². The molecule has 15 N–H and O–H groups in total. The highest BCUT2D eigenvalue weighted by molar-refractivity contribution is 5.97. The summed E-state index contributed by atoms with van der Waals surface area (Å²) in [4.78, 5) is 71.9. The number of carboxylic acids is 1. The summed E-state index contributed by atoms with van der Waals surface area (Å²) in [5.74, 6) is -1.48. The Morgan fingerprint density at radius 1 is 0.815 bits per heavy atom. The zero-order valence-corrected chi connectivity index (χ0v) is 34.4. The molecule has 7 heterocycles. The number of urea groups is 1. The van der Waals surface area contributed by atoms with E-state index in [-0.39, 0.29) is 28.0 Å². The number of aliphatic hydroxyl groups excluding tert-OH is 10. The van der Waals surface area contributed by atoms with E-state index in [1.54, 1.807) is 0 Å². The summed E-state index contributed by atoms with van der Waals surface area (Å²) < 4.78 is 20.3. The molecule has 30 heteroatoms. The number of ether oxygens (including phenoxy) is 3. The zero-order chi connectivity index (χ0) is 48.2. The number of imidazole rings is 1. The van der Waals surface area contributed by atoms with Gasteiger partial charge in [0.15, 0.2) is 41.7 Å². The number of carboxylic acid groups (broad SMARTS) is 1. The van der Waals surface area contributed by atoms with Crippen molar-refractivity contribution in [3.63, 3.8) is 0 Å². The summed E-state index contributed by atoms with van der Waals surface area (Å²) in [5, 5.41) is 116. The summed E-state index contributed by atoms with van der Waals surface area (Å²) in [7, 11) is 1.42. The Kier molecular flexibility index (Phi) is 16.2. The molecule has 7 rings (SSSR count). The van der Waals surface area contributed by atoms with Crippen LogP contribution in [-0.4, -0.2) is 193 Å². The van der Waals surface area contributed by atoms with E-state index < -0.39 is 135 Å². The van der Waals surface area contributed by atoms with Crippen LogP contribution in [0.4, 0.5) is 10.6 Å². The van der Waals surface area contributed by atoms with Gasteiger partial charge in [0.1, 0.15) is 66.8 Å². The summed E-state index contributed by atoms with van der Waals surface area (Å²) in [6.07, 6.45) is -10.5. The second-order valence-electron chi connectivity index (χ2n) is 14.8. The van der Waals surface area contributed by atoms with Crippen molar-refractivity contribution in [2.45, 2.75) is 99.6 Å². The van der Waals surface area contributed by atoms with Gasteiger partial charge in [-0.05, 0) is 19.9 Å². The van der Waals surface area contributed by atoms with E-state index in [4.69, 9.17) is 34.9 Å². The minimum atomic E-state index is -1.54. The van der Waals surface area contributed by atoms with Crippen molar-refractivity contribution >= 4 is 29.0 Å². The lowest BCUT2D eigenvalue weighted by Gasteiger charge is -2.18. The molecule has 3 aliphatic rings. The predicted octanol–water partition coefficient (Wildman–Crippen LogP) is -7.87. The van der Waals surface area contributed by atoms with Crippen LogP contribution < -0.4 is 33.1 Å². The molecule has 4 aromatic heterocycles. The van der Waals surface area contributed by atoms with Gasteiger partial charge in [-0.1, -0.05) is 0 Å². The van der Waals surface area contributed by atoms with Crippen LogP contribution in [0, 0.1) is 12.3 Å². The van der Waals surface area contributed by atoms with Crippen LogP contribution in [-0.2, 0) is 26.1 Å². The van der Waals surface area contributed by atoms with Crippen molar-refractivity contribution in [3.05, 3.63) is 73.5 Å². The molecule has 2 amide bonds. The summed E-state index contributed by atoms with van der Waals surface area (Å²) in [6.45, 7) is 1.27. The predicted molar refractivity (Wildman–Crippen MR) is 211 cm³/mol. The topological polar surface area (TPSA) is 458 Å². The quantitative estimate of drug-likeness (QED) is 0.0702. The number of anilines is 1. The number of hydrogen-bond donors (Lipinski definition) is 15. The first kappa shape index (κ1) is 50.1. The van der Waals surface area contributed by atoms with Crippen molar-refractivity contribution in [1.82, 2.24) is 43.5 Å². The third kappa shape index (κ3) is 10.5. The maximum Gasteiger partial charge on any atom is 0.331 e.